The van der Waals surface area contributed by atoms with E-state index in [0.717, 1.165) is 5.56 Å². The summed E-state index contributed by atoms with van der Waals surface area (Å²) in [4.78, 5) is 0.0974. The first-order valence-corrected chi connectivity index (χ1v) is 4.91. The van der Waals surface area contributed by atoms with Crippen molar-refractivity contribution in [1.82, 2.24) is 0 Å². The van der Waals surface area contributed by atoms with Crippen molar-refractivity contribution in [2.45, 2.75) is 24.8 Å². The molecule has 0 aromatic heterocycles. The minimum atomic E-state index is -0.411. The topological polar surface area (TPSA) is 20.2 Å². The number of hydrogen-bond acceptors (Lipinski definition) is 1. The highest BCUT2D eigenvalue weighted by Gasteiger charge is 2.12. The van der Waals surface area contributed by atoms with Crippen LogP contribution < -0.4 is 0 Å². The number of benzene rings is 1. The summed E-state index contributed by atoms with van der Waals surface area (Å²) in [5.41, 5.74) is 2.18. The van der Waals surface area contributed by atoms with E-state index in [-0.39, 0.29) is 4.83 Å². The van der Waals surface area contributed by atoms with Crippen molar-refractivity contribution in [1.29, 1.82) is 0 Å². The molecule has 0 aliphatic heterocycles. The molecule has 2 atom stereocenters. The van der Waals surface area contributed by atoms with Crippen molar-refractivity contribution in [2.75, 3.05) is 0 Å². The van der Waals surface area contributed by atoms with Crippen LogP contribution in [-0.4, -0.2) is 9.93 Å². The maximum Gasteiger partial charge on any atom is 0.0912 e. The zero-order valence-corrected chi connectivity index (χ0v) is 8.88. The molecule has 1 aromatic carbocycles. The molecule has 2 heteroatoms. The molecule has 1 rings (SSSR count). The lowest BCUT2D eigenvalue weighted by atomic mass is 10.1. The monoisotopic (exact) mass is 228 g/mol. The van der Waals surface area contributed by atoms with Gasteiger partial charge in [-0.05, 0) is 19.4 Å². The van der Waals surface area contributed by atoms with Gasteiger partial charge in [0.15, 0.2) is 0 Å². The Morgan fingerprint density at radius 2 is 1.75 bits per heavy atom. The maximum atomic E-state index is 9.64. The van der Waals surface area contributed by atoms with Gasteiger partial charge in [-0.15, -0.1) is 0 Å². The van der Waals surface area contributed by atoms with E-state index >= 15 is 0 Å². The summed E-state index contributed by atoms with van der Waals surface area (Å²) >= 11 is 3.34. The van der Waals surface area contributed by atoms with E-state index in [4.69, 9.17) is 0 Å². The van der Waals surface area contributed by atoms with Crippen molar-refractivity contribution >= 4 is 15.9 Å². The number of halogens is 1. The van der Waals surface area contributed by atoms with Crippen molar-refractivity contribution in [3.05, 3.63) is 35.4 Å². The highest BCUT2D eigenvalue weighted by atomic mass is 79.9. The normalized spacial score (nSPS) is 15.7. The smallest absolute Gasteiger partial charge is 0.0912 e. The number of hydrogen-bond donors (Lipinski definition) is 1. The highest BCUT2D eigenvalue weighted by molar-refractivity contribution is 9.09. The minimum absolute atomic E-state index is 0.0974. The Hall–Kier alpha value is -0.340. The van der Waals surface area contributed by atoms with E-state index in [0.29, 0.717) is 0 Å². The van der Waals surface area contributed by atoms with Gasteiger partial charge < -0.3 is 5.11 Å². The summed E-state index contributed by atoms with van der Waals surface area (Å²) < 4.78 is 0. The predicted octanol–water partition coefficient (Wildman–Crippen LogP) is 2.81. The van der Waals surface area contributed by atoms with Crippen LogP contribution in [-0.2, 0) is 0 Å². The first-order chi connectivity index (χ1) is 5.61. The van der Waals surface area contributed by atoms with Gasteiger partial charge in [0.1, 0.15) is 0 Å². The van der Waals surface area contributed by atoms with E-state index in [1.807, 2.05) is 38.1 Å². The van der Waals surface area contributed by atoms with Crippen LogP contribution in [0.3, 0.4) is 0 Å². The van der Waals surface area contributed by atoms with Gasteiger partial charge >= 0.3 is 0 Å². The zero-order chi connectivity index (χ0) is 9.14. The second kappa shape index (κ2) is 4.06. The summed E-state index contributed by atoms with van der Waals surface area (Å²) in [6.45, 7) is 3.97. The molecule has 0 radical (unpaired) electrons. The van der Waals surface area contributed by atoms with E-state index < -0.39 is 6.10 Å². The Labute approximate surface area is 81.6 Å². The predicted molar refractivity (Wildman–Crippen MR) is 54.5 cm³/mol. The Morgan fingerprint density at radius 1 is 1.25 bits per heavy atom. The van der Waals surface area contributed by atoms with Gasteiger partial charge in [-0.2, -0.15) is 0 Å². The van der Waals surface area contributed by atoms with Crippen LogP contribution in [0.4, 0.5) is 0 Å². The summed E-state index contributed by atoms with van der Waals surface area (Å²) in [5, 5.41) is 9.64. The molecule has 0 amide bonds. The number of alkyl halides is 1. The molecular weight excluding hydrogens is 216 g/mol. The van der Waals surface area contributed by atoms with Crippen LogP contribution in [0.2, 0.25) is 0 Å². The van der Waals surface area contributed by atoms with Crippen LogP contribution >= 0.6 is 15.9 Å². The van der Waals surface area contributed by atoms with Crippen LogP contribution in [0.25, 0.3) is 0 Å². The maximum absolute atomic E-state index is 9.64. The summed E-state index contributed by atoms with van der Waals surface area (Å²) in [6, 6.07) is 7.93. The molecule has 0 spiro atoms. The van der Waals surface area contributed by atoms with Crippen molar-refractivity contribution in [3.63, 3.8) is 0 Å². The number of aliphatic hydroxyl groups excluding tert-OH is 1. The average Bonchev–Trinajstić information content (AvgIpc) is 2.04. The van der Waals surface area contributed by atoms with E-state index in [2.05, 4.69) is 15.9 Å². The van der Waals surface area contributed by atoms with E-state index in [1.165, 1.54) is 5.56 Å². The Morgan fingerprint density at radius 3 is 2.17 bits per heavy atom. The standard InChI is InChI=1S/C10H13BrO/c1-7-3-5-9(6-4-7)10(12)8(2)11/h3-6,8,10,12H,1-2H3. The highest BCUT2D eigenvalue weighted by Crippen LogP contribution is 2.21. The van der Waals surface area contributed by atoms with Gasteiger partial charge in [0, 0.05) is 4.83 Å². The minimum Gasteiger partial charge on any atom is -0.387 e. The molecule has 2 unspecified atom stereocenters. The molecule has 12 heavy (non-hydrogen) atoms. The molecule has 0 heterocycles. The quantitative estimate of drug-likeness (QED) is 0.773. The summed E-state index contributed by atoms with van der Waals surface area (Å²) in [5.74, 6) is 0. The van der Waals surface area contributed by atoms with Crippen LogP contribution in [0.5, 0.6) is 0 Å². The Bertz CT molecular complexity index is 241. The molecule has 66 valence electrons. The van der Waals surface area contributed by atoms with E-state index in [9.17, 15) is 5.11 Å². The number of aryl methyl sites for hydroxylation is 1. The van der Waals surface area contributed by atoms with Gasteiger partial charge in [-0.3, -0.25) is 0 Å². The zero-order valence-electron chi connectivity index (χ0n) is 7.29. The molecule has 0 aliphatic carbocycles. The van der Waals surface area contributed by atoms with Gasteiger partial charge in [-0.25, -0.2) is 0 Å². The number of rotatable bonds is 2. The molecule has 0 aliphatic rings. The van der Waals surface area contributed by atoms with Gasteiger partial charge in [0.2, 0.25) is 0 Å². The largest absolute Gasteiger partial charge is 0.387 e. The second-order valence-corrected chi connectivity index (χ2v) is 4.48. The SMILES string of the molecule is Cc1ccc(C(O)C(C)Br)cc1. The van der Waals surface area contributed by atoms with Crippen LogP contribution in [0.15, 0.2) is 24.3 Å². The lowest BCUT2D eigenvalue weighted by molar-refractivity contribution is 0.181. The average molecular weight is 229 g/mol. The molecule has 1 N–H and O–H groups in total. The number of aliphatic hydroxyl groups is 1. The van der Waals surface area contributed by atoms with Gasteiger partial charge in [0.25, 0.3) is 0 Å². The van der Waals surface area contributed by atoms with E-state index in [1.54, 1.807) is 0 Å². The molecular formula is C10H13BrO. The molecule has 0 fully saturated rings. The van der Waals surface area contributed by atoms with Gasteiger partial charge in [0.05, 0.1) is 6.10 Å². The lowest BCUT2D eigenvalue weighted by Crippen LogP contribution is -2.07. The molecule has 0 saturated carbocycles. The summed E-state index contributed by atoms with van der Waals surface area (Å²) in [6.07, 6.45) is -0.411. The summed E-state index contributed by atoms with van der Waals surface area (Å²) in [7, 11) is 0. The van der Waals surface area contributed by atoms with Crippen molar-refractivity contribution < 1.29 is 5.11 Å². The molecule has 1 aromatic rings. The third-order valence-corrected chi connectivity index (χ3v) is 2.35. The Kier molecular flexibility index (Phi) is 3.29. The van der Waals surface area contributed by atoms with Crippen molar-refractivity contribution in [3.8, 4) is 0 Å². The third kappa shape index (κ3) is 2.32. The fourth-order valence-corrected chi connectivity index (χ4v) is 1.33. The third-order valence-electron chi connectivity index (χ3n) is 1.85. The fourth-order valence-electron chi connectivity index (χ4n) is 1.03. The Balaban J connectivity index is 2.82. The van der Waals surface area contributed by atoms with Crippen LogP contribution in [0.1, 0.15) is 24.2 Å². The van der Waals surface area contributed by atoms with Gasteiger partial charge in [-0.1, -0.05) is 45.8 Å². The second-order valence-electron chi connectivity index (χ2n) is 3.03. The molecule has 0 bridgehead atoms. The van der Waals surface area contributed by atoms with Crippen LogP contribution in [0, 0.1) is 6.92 Å². The van der Waals surface area contributed by atoms with Crippen molar-refractivity contribution in [2.24, 2.45) is 0 Å². The molecule has 1 nitrogen and oxygen atoms in total. The first-order valence-electron chi connectivity index (χ1n) is 4.00. The fraction of sp³-hybridized carbons (Fsp3) is 0.400. The lowest BCUT2D eigenvalue weighted by Gasteiger charge is -2.13. The first kappa shape index (κ1) is 9.75. The molecule has 0 saturated heterocycles.